The van der Waals surface area contributed by atoms with Gasteiger partial charge in [0, 0.05) is 10.9 Å². The minimum Gasteiger partial charge on any atom is -0.507 e. The molecule has 0 bridgehead atoms. The van der Waals surface area contributed by atoms with Gasteiger partial charge in [-0.2, -0.15) is 0 Å². The SMILES string of the molecule is OCc1ccc2cc3ccccc3cc2c1O. The van der Waals surface area contributed by atoms with E-state index >= 15 is 0 Å². The summed E-state index contributed by atoms with van der Waals surface area (Å²) in [6, 6.07) is 15.7. The minimum atomic E-state index is -0.144. The van der Waals surface area contributed by atoms with Crippen molar-refractivity contribution in [3.8, 4) is 5.75 Å². The predicted octanol–water partition coefficient (Wildman–Crippen LogP) is 3.19. The first kappa shape index (κ1) is 10.1. The maximum absolute atomic E-state index is 10.0. The molecule has 2 heteroatoms. The zero-order chi connectivity index (χ0) is 11.8. The first-order chi connectivity index (χ1) is 8.29. The fourth-order valence-corrected chi connectivity index (χ4v) is 2.17. The Balaban J connectivity index is 2.44. The molecule has 3 rings (SSSR count). The van der Waals surface area contributed by atoms with Gasteiger partial charge in [-0.1, -0.05) is 36.4 Å². The summed E-state index contributed by atoms with van der Waals surface area (Å²) in [5, 5.41) is 23.2. The highest BCUT2D eigenvalue weighted by Crippen LogP contribution is 2.32. The maximum Gasteiger partial charge on any atom is 0.128 e. The summed E-state index contributed by atoms with van der Waals surface area (Å²) < 4.78 is 0. The van der Waals surface area contributed by atoms with Gasteiger partial charge in [-0.15, -0.1) is 0 Å². The lowest BCUT2D eigenvalue weighted by molar-refractivity contribution is 0.276. The molecule has 0 spiro atoms. The monoisotopic (exact) mass is 224 g/mol. The number of benzene rings is 3. The van der Waals surface area contributed by atoms with Crippen LogP contribution in [0, 0.1) is 0 Å². The topological polar surface area (TPSA) is 40.5 Å². The van der Waals surface area contributed by atoms with E-state index in [-0.39, 0.29) is 12.4 Å². The molecule has 0 saturated carbocycles. The lowest BCUT2D eigenvalue weighted by atomic mass is 10.0. The first-order valence-electron chi connectivity index (χ1n) is 5.54. The zero-order valence-electron chi connectivity index (χ0n) is 9.22. The molecule has 2 nitrogen and oxygen atoms in total. The van der Waals surface area contributed by atoms with Gasteiger partial charge in [-0.25, -0.2) is 0 Å². The molecule has 0 heterocycles. The molecule has 0 aromatic heterocycles. The van der Waals surface area contributed by atoms with Gasteiger partial charge in [0.05, 0.1) is 6.61 Å². The summed E-state index contributed by atoms with van der Waals surface area (Å²) in [5.41, 5.74) is 0.563. The molecule has 0 amide bonds. The molecular weight excluding hydrogens is 212 g/mol. The molecule has 2 N–H and O–H groups in total. The van der Waals surface area contributed by atoms with E-state index in [1.54, 1.807) is 6.07 Å². The molecule has 0 atom stereocenters. The number of hydrogen-bond acceptors (Lipinski definition) is 2. The van der Waals surface area contributed by atoms with E-state index in [9.17, 15) is 5.11 Å². The molecule has 0 unspecified atom stereocenters. The Morgan fingerprint density at radius 3 is 2.24 bits per heavy atom. The van der Waals surface area contributed by atoms with Gasteiger partial charge in [-0.3, -0.25) is 0 Å². The average Bonchev–Trinajstić information content (AvgIpc) is 2.37. The minimum absolute atomic E-state index is 0.144. The predicted molar refractivity (Wildman–Crippen MR) is 69.0 cm³/mol. The molecule has 3 aromatic rings. The van der Waals surface area contributed by atoms with Crippen molar-refractivity contribution in [2.75, 3.05) is 0 Å². The lowest BCUT2D eigenvalue weighted by Gasteiger charge is -2.07. The number of aliphatic hydroxyl groups excluding tert-OH is 1. The van der Waals surface area contributed by atoms with Crippen LogP contribution in [0.3, 0.4) is 0 Å². The molecule has 0 fully saturated rings. The van der Waals surface area contributed by atoms with E-state index in [0.717, 1.165) is 21.5 Å². The molecule has 84 valence electrons. The molecule has 0 aliphatic heterocycles. The maximum atomic E-state index is 10.0. The van der Waals surface area contributed by atoms with E-state index in [0.29, 0.717) is 5.56 Å². The molecule has 0 aliphatic carbocycles. The van der Waals surface area contributed by atoms with Crippen molar-refractivity contribution in [1.29, 1.82) is 0 Å². The number of aliphatic hydroxyl groups is 1. The number of rotatable bonds is 1. The molecule has 0 radical (unpaired) electrons. The van der Waals surface area contributed by atoms with Gasteiger partial charge >= 0.3 is 0 Å². The largest absolute Gasteiger partial charge is 0.507 e. The summed E-state index contributed by atoms with van der Waals surface area (Å²) >= 11 is 0. The molecule has 0 saturated heterocycles. The number of fused-ring (bicyclic) bond motifs is 2. The van der Waals surface area contributed by atoms with Crippen LogP contribution in [0.5, 0.6) is 5.75 Å². The van der Waals surface area contributed by atoms with Crippen molar-refractivity contribution in [2.45, 2.75) is 6.61 Å². The summed E-state index contributed by atoms with van der Waals surface area (Å²) in [5.74, 6) is 0.177. The number of hydrogen-bond donors (Lipinski definition) is 2. The summed E-state index contributed by atoms with van der Waals surface area (Å²) in [7, 11) is 0. The summed E-state index contributed by atoms with van der Waals surface area (Å²) in [4.78, 5) is 0. The Hall–Kier alpha value is -2.06. The first-order valence-corrected chi connectivity index (χ1v) is 5.54. The quantitative estimate of drug-likeness (QED) is 0.623. The van der Waals surface area contributed by atoms with E-state index in [1.807, 2.05) is 42.5 Å². The van der Waals surface area contributed by atoms with Gasteiger partial charge in [0.2, 0.25) is 0 Å². The lowest BCUT2D eigenvalue weighted by Crippen LogP contribution is -1.85. The second-order valence-electron chi connectivity index (χ2n) is 4.15. The third kappa shape index (κ3) is 1.54. The Labute approximate surface area is 98.7 Å². The van der Waals surface area contributed by atoms with E-state index in [4.69, 9.17) is 5.11 Å². The average molecular weight is 224 g/mol. The summed E-state index contributed by atoms with van der Waals surface area (Å²) in [6.45, 7) is -0.144. The van der Waals surface area contributed by atoms with Crippen molar-refractivity contribution in [3.63, 3.8) is 0 Å². The van der Waals surface area contributed by atoms with Crippen molar-refractivity contribution < 1.29 is 10.2 Å². The summed E-state index contributed by atoms with van der Waals surface area (Å²) in [6.07, 6.45) is 0. The molecule has 3 aromatic carbocycles. The Morgan fingerprint density at radius 2 is 1.53 bits per heavy atom. The standard InChI is InChI=1S/C15H12O2/c16-9-13-6-5-12-7-10-3-1-2-4-11(10)8-14(12)15(13)17/h1-8,16-17H,9H2. The van der Waals surface area contributed by atoms with Crippen molar-refractivity contribution >= 4 is 21.5 Å². The van der Waals surface area contributed by atoms with E-state index in [2.05, 4.69) is 0 Å². The highest BCUT2D eigenvalue weighted by molar-refractivity contribution is 6.01. The van der Waals surface area contributed by atoms with Gasteiger partial charge in [0.15, 0.2) is 0 Å². The van der Waals surface area contributed by atoms with E-state index < -0.39 is 0 Å². The molecule has 0 aliphatic rings. The van der Waals surface area contributed by atoms with Crippen LogP contribution in [0.4, 0.5) is 0 Å². The van der Waals surface area contributed by atoms with Crippen LogP contribution >= 0.6 is 0 Å². The van der Waals surface area contributed by atoms with Crippen LogP contribution < -0.4 is 0 Å². The normalized spacial score (nSPS) is 11.1. The molecular formula is C15H12O2. The Kier molecular flexibility index (Phi) is 2.23. The van der Waals surface area contributed by atoms with Gasteiger partial charge < -0.3 is 10.2 Å². The van der Waals surface area contributed by atoms with Crippen LogP contribution in [0.1, 0.15) is 5.56 Å². The van der Waals surface area contributed by atoms with Crippen LogP contribution in [-0.4, -0.2) is 10.2 Å². The number of phenols is 1. The Morgan fingerprint density at radius 1 is 0.824 bits per heavy atom. The Bertz CT molecular complexity index is 702. The van der Waals surface area contributed by atoms with E-state index in [1.165, 1.54) is 0 Å². The van der Waals surface area contributed by atoms with Gasteiger partial charge in [0.25, 0.3) is 0 Å². The fourth-order valence-electron chi connectivity index (χ4n) is 2.17. The third-order valence-electron chi connectivity index (χ3n) is 3.11. The van der Waals surface area contributed by atoms with Crippen molar-refractivity contribution in [3.05, 3.63) is 54.1 Å². The fraction of sp³-hybridized carbons (Fsp3) is 0.0667. The third-order valence-corrected chi connectivity index (χ3v) is 3.11. The highest BCUT2D eigenvalue weighted by Gasteiger charge is 2.06. The van der Waals surface area contributed by atoms with Gasteiger partial charge in [0.1, 0.15) is 5.75 Å². The van der Waals surface area contributed by atoms with Crippen molar-refractivity contribution in [1.82, 2.24) is 0 Å². The van der Waals surface area contributed by atoms with Crippen LogP contribution in [0.15, 0.2) is 48.5 Å². The van der Waals surface area contributed by atoms with Crippen LogP contribution in [0.2, 0.25) is 0 Å². The van der Waals surface area contributed by atoms with Crippen molar-refractivity contribution in [2.24, 2.45) is 0 Å². The zero-order valence-corrected chi connectivity index (χ0v) is 9.22. The number of aromatic hydroxyl groups is 1. The van der Waals surface area contributed by atoms with Gasteiger partial charge in [-0.05, 0) is 28.3 Å². The second-order valence-corrected chi connectivity index (χ2v) is 4.15. The van der Waals surface area contributed by atoms with Crippen LogP contribution in [-0.2, 0) is 6.61 Å². The second kappa shape index (κ2) is 3.75. The van der Waals surface area contributed by atoms with Crippen LogP contribution in [0.25, 0.3) is 21.5 Å². The smallest absolute Gasteiger partial charge is 0.128 e. The highest BCUT2D eigenvalue weighted by atomic mass is 16.3. The molecule has 17 heavy (non-hydrogen) atoms.